The Morgan fingerprint density at radius 3 is 2.30 bits per heavy atom. The van der Waals surface area contributed by atoms with E-state index in [9.17, 15) is 0 Å². The molecule has 0 aliphatic carbocycles. The van der Waals surface area contributed by atoms with Crippen molar-refractivity contribution < 1.29 is 4.74 Å². The molecule has 0 aliphatic rings. The molecule has 1 heterocycles. The van der Waals surface area contributed by atoms with E-state index < -0.39 is 0 Å². The summed E-state index contributed by atoms with van der Waals surface area (Å²) in [6.45, 7) is 8.77. The molecule has 4 nitrogen and oxygen atoms in total. The summed E-state index contributed by atoms with van der Waals surface area (Å²) in [6, 6.07) is 9.85. The highest BCUT2D eigenvalue weighted by Gasteiger charge is 2.13. The fraction of sp³-hybridized carbons (Fsp3) is 0.375. The third-order valence-electron chi connectivity index (χ3n) is 3.01. The zero-order chi connectivity index (χ0) is 14.8. The number of hydrogen-bond acceptors (Lipinski definition) is 4. The second-order valence-electron chi connectivity index (χ2n) is 5.91. The van der Waals surface area contributed by atoms with Crippen LogP contribution in [0.5, 0.6) is 5.75 Å². The Bertz CT molecular complexity index is 565. The number of nitrogens with zero attached hydrogens (tertiary/aromatic N) is 2. The molecule has 0 radical (unpaired) electrons. The van der Waals surface area contributed by atoms with Gasteiger partial charge in [-0.3, -0.25) is 0 Å². The number of benzene rings is 1. The van der Waals surface area contributed by atoms with Crippen LogP contribution in [0.25, 0.3) is 0 Å². The van der Waals surface area contributed by atoms with E-state index >= 15 is 0 Å². The smallest absolute Gasteiger partial charge is 0.168 e. The summed E-state index contributed by atoms with van der Waals surface area (Å²) in [5.41, 5.74) is 7.96. The fourth-order valence-electron chi connectivity index (χ4n) is 1.92. The first kappa shape index (κ1) is 14.3. The van der Waals surface area contributed by atoms with Crippen molar-refractivity contribution >= 4 is 5.82 Å². The molecule has 0 bridgehead atoms. The predicted molar refractivity (Wildman–Crippen MR) is 80.7 cm³/mol. The van der Waals surface area contributed by atoms with Gasteiger partial charge in [0.1, 0.15) is 18.2 Å². The molecule has 2 rings (SSSR count). The van der Waals surface area contributed by atoms with Gasteiger partial charge in [-0.2, -0.15) is 0 Å². The van der Waals surface area contributed by atoms with E-state index in [0.717, 1.165) is 11.4 Å². The molecule has 2 aromatic rings. The van der Waals surface area contributed by atoms with Crippen molar-refractivity contribution in [2.24, 2.45) is 0 Å². The standard InChI is InChI=1S/C16H21N3O/c1-11-9-14(17)19-15(18-11)10-20-13-7-5-12(6-8-13)16(2,3)4/h5-9H,10H2,1-4H3,(H2,17,18,19). The van der Waals surface area contributed by atoms with Crippen molar-refractivity contribution in [2.45, 2.75) is 39.7 Å². The molecule has 0 amide bonds. The fourth-order valence-corrected chi connectivity index (χ4v) is 1.92. The van der Waals surface area contributed by atoms with Gasteiger partial charge in [-0.15, -0.1) is 0 Å². The quantitative estimate of drug-likeness (QED) is 0.931. The maximum Gasteiger partial charge on any atom is 0.168 e. The van der Waals surface area contributed by atoms with Gasteiger partial charge in [0.05, 0.1) is 0 Å². The van der Waals surface area contributed by atoms with Crippen LogP contribution in [-0.4, -0.2) is 9.97 Å². The number of hydrogen-bond donors (Lipinski definition) is 1. The first-order chi connectivity index (χ1) is 9.34. The number of rotatable bonds is 3. The Balaban J connectivity index is 2.04. The average Bonchev–Trinajstić information content (AvgIpc) is 2.35. The van der Waals surface area contributed by atoms with Crippen LogP contribution in [-0.2, 0) is 12.0 Å². The van der Waals surface area contributed by atoms with Gasteiger partial charge in [-0.25, -0.2) is 9.97 Å². The van der Waals surface area contributed by atoms with Crippen molar-refractivity contribution in [3.8, 4) is 5.75 Å². The van der Waals surface area contributed by atoms with Crippen molar-refractivity contribution in [3.05, 3.63) is 47.4 Å². The van der Waals surface area contributed by atoms with Crippen LogP contribution in [0.15, 0.2) is 30.3 Å². The highest BCUT2D eigenvalue weighted by molar-refractivity contribution is 5.32. The summed E-state index contributed by atoms with van der Waals surface area (Å²) < 4.78 is 5.69. The molecular weight excluding hydrogens is 250 g/mol. The Kier molecular flexibility index (Phi) is 3.93. The van der Waals surface area contributed by atoms with Crippen molar-refractivity contribution in [2.75, 3.05) is 5.73 Å². The lowest BCUT2D eigenvalue weighted by Gasteiger charge is -2.19. The summed E-state index contributed by atoms with van der Waals surface area (Å²) in [6.07, 6.45) is 0. The predicted octanol–water partition coefficient (Wildman–Crippen LogP) is 3.24. The molecule has 20 heavy (non-hydrogen) atoms. The normalized spacial score (nSPS) is 11.4. The highest BCUT2D eigenvalue weighted by atomic mass is 16.5. The van der Waals surface area contributed by atoms with Crippen LogP contribution >= 0.6 is 0 Å². The van der Waals surface area contributed by atoms with Gasteiger partial charge in [0, 0.05) is 11.8 Å². The molecule has 1 aromatic heterocycles. The lowest BCUT2D eigenvalue weighted by molar-refractivity contribution is 0.295. The van der Waals surface area contributed by atoms with Crippen LogP contribution in [0.4, 0.5) is 5.82 Å². The summed E-state index contributed by atoms with van der Waals surface area (Å²) >= 11 is 0. The van der Waals surface area contributed by atoms with Gasteiger partial charge in [0.15, 0.2) is 5.82 Å². The first-order valence-electron chi connectivity index (χ1n) is 6.68. The molecular formula is C16H21N3O. The third-order valence-corrected chi connectivity index (χ3v) is 3.01. The van der Waals surface area contributed by atoms with Gasteiger partial charge in [-0.05, 0) is 30.0 Å². The number of ether oxygens (including phenoxy) is 1. The minimum absolute atomic E-state index is 0.145. The minimum atomic E-state index is 0.145. The molecule has 4 heteroatoms. The number of anilines is 1. The largest absolute Gasteiger partial charge is 0.486 e. The topological polar surface area (TPSA) is 61.0 Å². The van der Waals surface area contributed by atoms with Gasteiger partial charge < -0.3 is 10.5 Å². The van der Waals surface area contributed by atoms with E-state index in [0.29, 0.717) is 18.2 Å². The molecule has 0 saturated carbocycles. The summed E-state index contributed by atoms with van der Waals surface area (Å²) in [5.74, 6) is 1.88. The minimum Gasteiger partial charge on any atom is -0.486 e. The molecule has 0 unspecified atom stereocenters. The van der Waals surface area contributed by atoms with Crippen molar-refractivity contribution in [1.29, 1.82) is 0 Å². The molecule has 0 spiro atoms. The number of aromatic nitrogens is 2. The molecule has 0 aliphatic heterocycles. The second-order valence-corrected chi connectivity index (χ2v) is 5.91. The van der Waals surface area contributed by atoms with Crippen LogP contribution in [0.1, 0.15) is 37.9 Å². The molecule has 106 valence electrons. The first-order valence-corrected chi connectivity index (χ1v) is 6.68. The summed E-state index contributed by atoms with van der Waals surface area (Å²) in [5, 5.41) is 0. The van der Waals surface area contributed by atoms with Crippen LogP contribution < -0.4 is 10.5 Å². The molecule has 0 fully saturated rings. The Labute approximate surface area is 120 Å². The summed E-state index contributed by atoms with van der Waals surface area (Å²) in [4.78, 5) is 8.44. The van der Waals surface area contributed by atoms with Crippen LogP contribution in [0, 0.1) is 6.92 Å². The Hall–Kier alpha value is -2.10. The van der Waals surface area contributed by atoms with Crippen molar-refractivity contribution in [3.63, 3.8) is 0 Å². The van der Waals surface area contributed by atoms with Crippen LogP contribution in [0.3, 0.4) is 0 Å². The van der Waals surface area contributed by atoms with Gasteiger partial charge >= 0.3 is 0 Å². The van der Waals surface area contributed by atoms with Crippen molar-refractivity contribution in [1.82, 2.24) is 9.97 Å². The van der Waals surface area contributed by atoms with E-state index in [1.807, 2.05) is 19.1 Å². The van der Waals surface area contributed by atoms with Crippen LogP contribution in [0.2, 0.25) is 0 Å². The number of nitrogens with two attached hydrogens (primary N) is 1. The Morgan fingerprint density at radius 2 is 1.75 bits per heavy atom. The van der Waals surface area contributed by atoms with E-state index in [4.69, 9.17) is 10.5 Å². The van der Waals surface area contributed by atoms with Gasteiger partial charge in [0.25, 0.3) is 0 Å². The third kappa shape index (κ3) is 3.70. The maximum absolute atomic E-state index is 5.69. The van der Waals surface area contributed by atoms with E-state index in [1.54, 1.807) is 6.07 Å². The lowest BCUT2D eigenvalue weighted by Crippen LogP contribution is -2.10. The number of aryl methyl sites for hydroxylation is 1. The van der Waals surface area contributed by atoms with E-state index in [2.05, 4.69) is 42.9 Å². The zero-order valence-corrected chi connectivity index (χ0v) is 12.5. The van der Waals surface area contributed by atoms with E-state index in [-0.39, 0.29) is 5.41 Å². The second kappa shape index (κ2) is 5.49. The maximum atomic E-state index is 5.69. The van der Waals surface area contributed by atoms with Gasteiger partial charge in [0.2, 0.25) is 0 Å². The summed E-state index contributed by atoms with van der Waals surface area (Å²) in [7, 11) is 0. The average molecular weight is 271 g/mol. The molecule has 0 atom stereocenters. The molecule has 2 N–H and O–H groups in total. The Morgan fingerprint density at radius 1 is 1.10 bits per heavy atom. The van der Waals surface area contributed by atoms with Gasteiger partial charge in [-0.1, -0.05) is 32.9 Å². The monoisotopic (exact) mass is 271 g/mol. The van der Waals surface area contributed by atoms with E-state index in [1.165, 1.54) is 5.56 Å². The molecule has 0 saturated heterocycles. The zero-order valence-electron chi connectivity index (χ0n) is 12.5. The number of nitrogen functional groups attached to an aromatic ring is 1. The highest BCUT2D eigenvalue weighted by Crippen LogP contribution is 2.24. The molecule has 1 aromatic carbocycles. The lowest BCUT2D eigenvalue weighted by atomic mass is 9.87. The SMILES string of the molecule is Cc1cc(N)nc(COc2ccc(C(C)(C)C)cc2)n1.